The first-order valence-electron chi connectivity index (χ1n) is 6.08. The lowest BCUT2D eigenvalue weighted by atomic mass is 10.2. The van der Waals surface area contributed by atoms with Crippen LogP contribution in [0.2, 0.25) is 0 Å². The van der Waals surface area contributed by atoms with Gasteiger partial charge in [0.2, 0.25) is 0 Å². The van der Waals surface area contributed by atoms with Gasteiger partial charge in [0.15, 0.2) is 18.2 Å². The number of hydrogen-bond acceptors (Lipinski definition) is 3. The van der Waals surface area contributed by atoms with Gasteiger partial charge in [-0.05, 0) is 6.07 Å². The predicted molar refractivity (Wildman–Crippen MR) is 71.2 cm³/mol. The molecule has 0 atom stereocenters. The Hall–Kier alpha value is -2.68. The predicted octanol–water partition coefficient (Wildman–Crippen LogP) is 3.62. The number of hydrogen-bond donors (Lipinski definition) is 1. The van der Waals surface area contributed by atoms with E-state index in [9.17, 15) is 13.2 Å². The maximum Gasteiger partial charge on any atom is 0.182 e. The Morgan fingerprint density at radius 2 is 1.90 bits per heavy atom. The summed E-state index contributed by atoms with van der Waals surface area (Å²) in [5.74, 6) is -2.83. The van der Waals surface area contributed by atoms with Gasteiger partial charge in [0.25, 0.3) is 0 Å². The Morgan fingerprint density at radius 1 is 1.14 bits per heavy atom. The van der Waals surface area contributed by atoms with Gasteiger partial charge in [0.1, 0.15) is 17.6 Å². The molecule has 0 aliphatic heterocycles. The molecule has 0 spiro atoms. The lowest BCUT2D eigenvalue weighted by Crippen LogP contribution is -2.06. The Bertz CT molecular complexity index is 683. The van der Waals surface area contributed by atoms with Crippen LogP contribution in [-0.2, 0) is 6.54 Å². The highest BCUT2D eigenvalue weighted by atomic mass is 19.2. The van der Waals surface area contributed by atoms with E-state index >= 15 is 0 Å². The van der Waals surface area contributed by atoms with Gasteiger partial charge < -0.3 is 10.1 Å². The molecule has 0 unspecified atom stereocenters. The van der Waals surface area contributed by atoms with E-state index in [1.807, 2.05) is 6.07 Å². The van der Waals surface area contributed by atoms with Crippen LogP contribution < -0.4 is 10.1 Å². The van der Waals surface area contributed by atoms with Crippen LogP contribution in [0.4, 0.5) is 18.9 Å². The molecule has 21 heavy (non-hydrogen) atoms. The molecule has 0 bridgehead atoms. The normalized spacial score (nSPS) is 10.0. The highest BCUT2D eigenvalue weighted by Crippen LogP contribution is 2.23. The SMILES string of the molecule is N#CCOc1ccccc1CNc1cc(F)cc(F)c1F. The van der Waals surface area contributed by atoms with E-state index in [-0.39, 0.29) is 18.8 Å². The van der Waals surface area contributed by atoms with Crippen LogP contribution >= 0.6 is 0 Å². The smallest absolute Gasteiger partial charge is 0.182 e. The molecule has 108 valence electrons. The van der Waals surface area contributed by atoms with Crippen LogP contribution in [0.15, 0.2) is 36.4 Å². The number of anilines is 1. The Kier molecular flexibility index (Phi) is 4.67. The van der Waals surface area contributed by atoms with Gasteiger partial charge in [-0.15, -0.1) is 0 Å². The number of nitrogens with zero attached hydrogens (tertiary/aromatic N) is 1. The highest BCUT2D eigenvalue weighted by Gasteiger charge is 2.11. The fraction of sp³-hybridized carbons (Fsp3) is 0.133. The van der Waals surface area contributed by atoms with E-state index in [0.29, 0.717) is 17.4 Å². The van der Waals surface area contributed by atoms with Crippen molar-refractivity contribution in [2.45, 2.75) is 6.54 Å². The molecule has 0 radical (unpaired) electrons. The standard InChI is InChI=1S/C15H11F3N2O/c16-11-7-12(17)15(18)13(8-11)20-9-10-3-1-2-4-14(10)21-6-5-19/h1-4,7-8,20H,6,9H2. The number of rotatable bonds is 5. The molecule has 0 aliphatic rings. The van der Waals surface area contributed by atoms with Crippen LogP contribution in [0.1, 0.15) is 5.56 Å². The zero-order valence-corrected chi connectivity index (χ0v) is 10.9. The number of nitrogens with one attached hydrogen (secondary N) is 1. The molecule has 0 saturated heterocycles. The summed E-state index contributed by atoms with van der Waals surface area (Å²) in [7, 11) is 0. The summed E-state index contributed by atoms with van der Waals surface area (Å²) in [5, 5.41) is 11.1. The van der Waals surface area contributed by atoms with E-state index in [0.717, 1.165) is 6.07 Å². The first-order chi connectivity index (χ1) is 10.1. The molecule has 2 aromatic carbocycles. The van der Waals surface area contributed by atoms with Gasteiger partial charge in [-0.25, -0.2) is 13.2 Å². The van der Waals surface area contributed by atoms with Crippen molar-refractivity contribution in [3.63, 3.8) is 0 Å². The van der Waals surface area contributed by atoms with Gasteiger partial charge in [-0.1, -0.05) is 18.2 Å². The van der Waals surface area contributed by atoms with Gasteiger partial charge >= 0.3 is 0 Å². The number of halogens is 3. The number of para-hydroxylation sites is 1. The van der Waals surface area contributed by atoms with E-state index in [1.165, 1.54) is 0 Å². The van der Waals surface area contributed by atoms with Crippen LogP contribution in [0.3, 0.4) is 0 Å². The van der Waals surface area contributed by atoms with Crippen molar-refractivity contribution in [2.24, 2.45) is 0 Å². The Labute approximate surface area is 119 Å². The largest absolute Gasteiger partial charge is 0.478 e. The first-order valence-corrected chi connectivity index (χ1v) is 6.08. The molecule has 2 aromatic rings. The minimum Gasteiger partial charge on any atom is -0.478 e. The zero-order chi connectivity index (χ0) is 15.2. The average molecular weight is 292 g/mol. The minimum atomic E-state index is -1.26. The molecule has 0 saturated carbocycles. The average Bonchev–Trinajstić information content (AvgIpc) is 2.48. The Balaban J connectivity index is 2.15. The summed E-state index contributed by atoms with van der Waals surface area (Å²) in [6, 6.07) is 10.00. The summed E-state index contributed by atoms with van der Waals surface area (Å²) >= 11 is 0. The molecule has 0 aromatic heterocycles. The van der Waals surface area contributed by atoms with Gasteiger partial charge in [-0.3, -0.25) is 0 Å². The highest BCUT2D eigenvalue weighted by molar-refractivity contribution is 5.47. The first kappa shape index (κ1) is 14.7. The van der Waals surface area contributed by atoms with Crippen molar-refractivity contribution in [3.05, 3.63) is 59.4 Å². The molecule has 0 aliphatic carbocycles. The van der Waals surface area contributed by atoms with E-state index in [1.54, 1.807) is 24.3 Å². The third-order valence-corrected chi connectivity index (χ3v) is 2.73. The number of ether oxygens (including phenoxy) is 1. The molecular formula is C15H11F3N2O. The molecule has 2 rings (SSSR count). The van der Waals surface area contributed by atoms with E-state index in [2.05, 4.69) is 5.32 Å². The molecule has 0 amide bonds. The molecule has 0 fully saturated rings. The quantitative estimate of drug-likeness (QED) is 0.856. The van der Waals surface area contributed by atoms with E-state index < -0.39 is 17.5 Å². The maximum atomic E-state index is 13.5. The van der Waals surface area contributed by atoms with Gasteiger partial charge in [0.05, 0.1) is 5.69 Å². The summed E-state index contributed by atoms with van der Waals surface area (Å²) in [4.78, 5) is 0. The molecule has 1 N–H and O–H groups in total. The molecule has 0 heterocycles. The molecule has 3 nitrogen and oxygen atoms in total. The van der Waals surface area contributed by atoms with Crippen molar-refractivity contribution < 1.29 is 17.9 Å². The summed E-state index contributed by atoms with van der Waals surface area (Å²) in [6.45, 7) is -0.0264. The second kappa shape index (κ2) is 6.66. The van der Waals surface area contributed by atoms with Crippen molar-refractivity contribution in [1.29, 1.82) is 5.26 Å². The number of benzene rings is 2. The number of nitriles is 1. The molecule has 6 heteroatoms. The van der Waals surface area contributed by atoms with Crippen LogP contribution in [0.5, 0.6) is 5.75 Å². The minimum absolute atomic E-state index is 0.0986. The zero-order valence-electron chi connectivity index (χ0n) is 10.9. The van der Waals surface area contributed by atoms with Crippen LogP contribution in [0.25, 0.3) is 0 Å². The third-order valence-electron chi connectivity index (χ3n) is 2.73. The lowest BCUT2D eigenvalue weighted by molar-refractivity contribution is 0.364. The monoisotopic (exact) mass is 292 g/mol. The van der Waals surface area contributed by atoms with Crippen LogP contribution in [-0.4, -0.2) is 6.61 Å². The van der Waals surface area contributed by atoms with Gasteiger partial charge in [-0.2, -0.15) is 5.26 Å². The summed E-state index contributed by atoms with van der Waals surface area (Å²) in [6.07, 6.45) is 0. The second-order valence-corrected chi connectivity index (χ2v) is 4.16. The summed E-state index contributed by atoms with van der Waals surface area (Å²) in [5.41, 5.74) is 0.361. The fourth-order valence-electron chi connectivity index (χ4n) is 1.78. The maximum absolute atomic E-state index is 13.5. The topological polar surface area (TPSA) is 45.0 Å². The lowest BCUT2D eigenvalue weighted by Gasteiger charge is -2.12. The van der Waals surface area contributed by atoms with Crippen molar-refractivity contribution in [3.8, 4) is 11.8 Å². The fourth-order valence-corrected chi connectivity index (χ4v) is 1.78. The Morgan fingerprint density at radius 3 is 2.67 bits per heavy atom. The second-order valence-electron chi connectivity index (χ2n) is 4.16. The van der Waals surface area contributed by atoms with Crippen LogP contribution in [0, 0.1) is 28.8 Å². The van der Waals surface area contributed by atoms with E-state index in [4.69, 9.17) is 10.00 Å². The third kappa shape index (κ3) is 3.66. The summed E-state index contributed by atoms with van der Waals surface area (Å²) < 4.78 is 44.9. The van der Waals surface area contributed by atoms with Crippen molar-refractivity contribution in [1.82, 2.24) is 0 Å². The van der Waals surface area contributed by atoms with Gasteiger partial charge in [0, 0.05) is 24.2 Å². The van der Waals surface area contributed by atoms with Crippen molar-refractivity contribution >= 4 is 5.69 Å². The molecular weight excluding hydrogens is 281 g/mol. The van der Waals surface area contributed by atoms with Crippen molar-refractivity contribution in [2.75, 3.05) is 11.9 Å².